The Bertz CT molecular complexity index is 794. The molecule has 124 valence electrons. The third kappa shape index (κ3) is 4.95. The third-order valence-corrected chi connectivity index (χ3v) is 4.45. The molecule has 8 heteroatoms. The highest BCUT2D eigenvalue weighted by Gasteiger charge is 2.14. The van der Waals surface area contributed by atoms with Crippen molar-refractivity contribution in [3.05, 3.63) is 59.7 Å². The molecule has 2 aromatic rings. The smallest absolute Gasteiger partial charge is 0.240 e. The number of nitrogens with one attached hydrogen (secondary N) is 2. The third-order valence-electron chi connectivity index (χ3n) is 3.06. The van der Waals surface area contributed by atoms with Gasteiger partial charge in [-0.3, -0.25) is 5.41 Å². The van der Waals surface area contributed by atoms with Crippen LogP contribution >= 0.6 is 12.4 Å². The number of benzene rings is 2. The number of nitrogen functional groups attached to an aromatic ring is 1. The summed E-state index contributed by atoms with van der Waals surface area (Å²) in [5.74, 6) is 0.486. The number of methoxy groups -OCH3 is 1. The molecule has 0 aliphatic carbocycles. The predicted molar refractivity (Wildman–Crippen MR) is 91.7 cm³/mol. The Morgan fingerprint density at radius 2 is 1.91 bits per heavy atom. The zero-order chi connectivity index (χ0) is 16.2. The average molecular weight is 356 g/mol. The Hall–Kier alpha value is -2.09. The van der Waals surface area contributed by atoms with Crippen molar-refractivity contribution >= 4 is 28.3 Å². The van der Waals surface area contributed by atoms with Crippen molar-refractivity contribution in [2.24, 2.45) is 5.73 Å². The highest BCUT2D eigenvalue weighted by atomic mass is 35.5. The molecular formula is C15H18ClN3O3S. The Balaban J connectivity index is 0.00000264. The van der Waals surface area contributed by atoms with Crippen LogP contribution in [-0.4, -0.2) is 21.4 Å². The first-order valence-electron chi connectivity index (χ1n) is 6.49. The summed E-state index contributed by atoms with van der Waals surface area (Å²) >= 11 is 0. The second kappa shape index (κ2) is 7.96. The lowest BCUT2D eigenvalue weighted by Crippen LogP contribution is -2.23. The van der Waals surface area contributed by atoms with Gasteiger partial charge in [0.05, 0.1) is 12.0 Å². The molecule has 0 fully saturated rings. The molecule has 0 atom stereocenters. The van der Waals surface area contributed by atoms with Crippen LogP contribution in [-0.2, 0) is 16.6 Å². The minimum absolute atomic E-state index is 0. The van der Waals surface area contributed by atoms with E-state index in [0.29, 0.717) is 11.3 Å². The van der Waals surface area contributed by atoms with Gasteiger partial charge in [0.2, 0.25) is 10.0 Å². The van der Waals surface area contributed by atoms with E-state index in [9.17, 15) is 8.42 Å². The first kappa shape index (κ1) is 19.0. The van der Waals surface area contributed by atoms with Crippen molar-refractivity contribution in [3.8, 4) is 5.75 Å². The summed E-state index contributed by atoms with van der Waals surface area (Å²) in [5.41, 5.74) is 6.53. The van der Waals surface area contributed by atoms with E-state index in [4.69, 9.17) is 15.9 Å². The molecule has 0 spiro atoms. The molecular weight excluding hydrogens is 338 g/mol. The van der Waals surface area contributed by atoms with Crippen LogP contribution in [0.3, 0.4) is 0 Å². The number of amidine groups is 1. The fourth-order valence-corrected chi connectivity index (χ4v) is 2.94. The number of nitrogens with two attached hydrogens (primary N) is 1. The second-order valence-electron chi connectivity index (χ2n) is 4.62. The summed E-state index contributed by atoms with van der Waals surface area (Å²) in [6, 6.07) is 13.1. The number of rotatable bonds is 6. The van der Waals surface area contributed by atoms with Gasteiger partial charge < -0.3 is 10.5 Å². The van der Waals surface area contributed by atoms with Gasteiger partial charge in [0.1, 0.15) is 11.6 Å². The lowest BCUT2D eigenvalue weighted by molar-refractivity contribution is 0.414. The Kier molecular flexibility index (Phi) is 6.56. The van der Waals surface area contributed by atoms with Gasteiger partial charge in [-0.1, -0.05) is 24.3 Å². The number of halogens is 1. The summed E-state index contributed by atoms with van der Waals surface area (Å²) in [6.45, 7) is 0.143. The number of ether oxygens (including phenoxy) is 1. The second-order valence-corrected chi connectivity index (χ2v) is 6.38. The zero-order valence-corrected chi connectivity index (χ0v) is 14.1. The van der Waals surface area contributed by atoms with E-state index in [1.807, 2.05) is 0 Å². The van der Waals surface area contributed by atoms with E-state index < -0.39 is 10.0 Å². The molecule has 0 heterocycles. The van der Waals surface area contributed by atoms with Gasteiger partial charge in [0, 0.05) is 12.1 Å². The molecule has 4 N–H and O–H groups in total. The standard InChI is InChI=1S/C15H17N3O3S.ClH/c1-21-13-6-2-4-11(8-13)10-18-22(19,20)14-7-3-5-12(9-14)15(16)17;/h2-9,18H,10H2,1H3,(H3,16,17);1H. The number of hydrogen-bond donors (Lipinski definition) is 3. The van der Waals surface area contributed by atoms with Crippen molar-refractivity contribution in [2.75, 3.05) is 7.11 Å². The fourth-order valence-electron chi connectivity index (χ4n) is 1.87. The molecule has 2 rings (SSSR count). The Morgan fingerprint density at radius 3 is 2.57 bits per heavy atom. The number of sulfonamides is 1. The van der Waals surface area contributed by atoms with Gasteiger partial charge in [-0.05, 0) is 29.8 Å². The van der Waals surface area contributed by atoms with Crippen molar-refractivity contribution in [3.63, 3.8) is 0 Å². The summed E-state index contributed by atoms with van der Waals surface area (Å²) in [4.78, 5) is 0.0723. The van der Waals surface area contributed by atoms with E-state index in [0.717, 1.165) is 5.56 Å². The topological polar surface area (TPSA) is 105 Å². The van der Waals surface area contributed by atoms with E-state index in [1.54, 1.807) is 43.5 Å². The normalized spacial score (nSPS) is 10.7. The molecule has 2 aromatic carbocycles. The molecule has 6 nitrogen and oxygen atoms in total. The summed E-state index contributed by atoms with van der Waals surface area (Å²) < 4.78 is 32.2. The molecule has 0 aliphatic rings. The quantitative estimate of drug-likeness (QED) is 0.543. The maximum Gasteiger partial charge on any atom is 0.240 e. The van der Waals surface area contributed by atoms with Crippen LogP contribution in [0.5, 0.6) is 5.75 Å². The maximum absolute atomic E-state index is 12.3. The van der Waals surface area contributed by atoms with Crippen LogP contribution in [0.2, 0.25) is 0 Å². The molecule has 23 heavy (non-hydrogen) atoms. The monoisotopic (exact) mass is 355 g/mol. The molecule has 0 saturated heterocycles. The van der Waals surface area contributed by atoms with E-state index in [-0.39, 0.29) is 29.7 Å². The lowest BCUT2D eigenvalue weighted by Gasteiger charge is -2.09. The predicted octanol–water partition coefficient (Wildman–Crippen LogP) is 1.88. The zero-order valence-electron chi connectivity index (χ0n) is 12.4. The van der Waals surface area contributed by atoms with Gasteiger partial charge in [0.15, 0.2) is 0 Å². The fraction of sp³-hybridized carbons (Fsp3) is 0.133. The van der Waals surface area contributed by atoms with Crippen molar-refractivity contribution < 1.29 is 13.2 Å². The molecule has 0 radical (unpaired) electrons. The van der Waals surface area contributed by atoms with Crippen molar-refractivity contribution in [1.29, 1.82) is 5.41 Å². The van der Waals surface area contributed by atoms with Crippen LogP contribution in [0.4, 0.5) is 0 Å². The number of hydrogen-bond acceptors (Lipinski definition) is 4. The van der Waals surface area contributed by atoms with Crippen LogP contribution in [0, 0.1) is 5.41 Å². The molecule has 0 amide bonds. The van der Waals surface area contributed by atoms with Crippen LogP contribution in [0.15, 0.2) is 53.4 Å². The van der Waals surface area contributed by atoms with Crippen LogP contribution in [0.1, 0.15) is 11.1 Å². The molecule has 0 aromatic heterocycles. The highest BCUT2D eigenvalue weighted by molar-refractivity contribution is 7.89. The molecule has 0 aliphatic heterocycles. The van der Waals surface area contributed by atoms with E-state index in [2.05, 4.69) is 4.72 Å². The SMILES string of the molecule is COc1cccc(CNS(=O)(=O)c2cccc(C(=N)N)c2)c1.Cl. The van der Waals surface area contributed by atoms with Gasteiger partial charge in [-0.2, -0.15) is 0 Å². The van der Waals surface area contributed by atoms with Crippen molar-refractivity contribution in [2.45, 2.75) is 11.4 Å². The average Bonchev–Trinajstić information content (AvgIpc) is 2.53. The van der Waals surface area contributed by atoms with E-state index in [1.165, 1.54) is 12.1 Å². The first-order chi connectivity index (χ1) is 10.4. The largest absolute Gasteiger partial charge is 0.497 e. The van der Waals surface area contributed by atoms with Gasteiger partial charge >= 0.3 is 0 Å². The highest BCUT2D eigenvalue weighted by Crippen LogP contribution is 2.15. The van der Waals surface area contributed by atoms with Crippen molar-refractivity contribution in [1.82, 2.24) is 4.72 Å². The minimum Gasteiger partial charge on any atom is -0.497 e. The van der Waals surface area contributed by atoms with Gasteiger partial charge in [-0.15, -0.1) is 12.4 Å². The van der Waals surface area contributed by atoms with Gasteiger partial charge in [0.25, 0.3) is 0 Å². The summed E-state index contributed by atoms with van der Waals surface area (Å²) in [5, 5.41) is 7.37. The van der Waals surface area contributed by atoms with Gasteiger partial charge in [-0.25, -0.2) is 13.1 Å². The molecule has 0 saturated carbocycles. The van der Waals surface area contributed by atoms with E-state index >= 15 is 0 Å². The van der Waals surface area contributed by atoms with Crippen LogP contribution in [0.25, 0.3) is 0 Å². The Labute approximate surface area is 141 Å². The lowest BCUT2D eigenvalue weighted by atomic mass is 10.2. The molecule has 0 bridgehead atoms. The Morgan fingerprint density at radius 1 is 1.22 bits per heavy atom. The molecule has 0 unspecified atom stereocenters. The summed E-state index contributed by atoms with van der Waals surface area (Å²) in [6.07, 6.45) is 0. The maximum atomic E-state index is 12.3. The summed E-state index contributed by atoms with van der Waals surface area (Å²) in [7, 11) is -2.12. The van der Waals surface area contributed by atoms with Crippen LogP contribution < -0.4 is 15.2 Å². The minimum atomic E-state index is -3.68. The first-order valence-corrected chi connectivity index (χ1v) is 7.98.